The maximum Gasteiger partial charge on any atom is 0.193 e. The standard InChI is InChI=1S/C25H16N6O/c32-25(15-7-2-1-3-8-15)19-12-4-9-16(17-10-5-13-20-23(17)28-30-26-20)22(19)18-11-6-14-21-24(18)29-31-27-21/h1-14H,(H,26,28,30)(H,27,29,31). The molecule has 7 nitrogen and oxygen atoms in total. The second-order valence-electron chi connectivity index (χ2n) is 7.45. The number of H-pyrrole nitrogens is 2. The van der Waals surface area contributed by atoms with Crippen molar-refractivity contribution in [2.45, 2.75) is 0 Å². The number of hydrogen-bond acceptors (Lipinski definition) is 5. The van der Waals surface area contributed by atoms with Gasteiger partial charge in [-0.05, 0) is 17.7 Å². The molecule has 4 aromatic carbocycles. The molecule has 0 atom stereocenters. The first kappa shape index (κ1) is 18.1. The molecule has 0 aliphatic rings. The Bertz CT molecular complexity index is 1600. The number of carbonyl (C=O) groups is 1. The van der Waals surface area contributed by atoms with Gasteiger partial charge in [-0.3, -0.25) is 15.0 Å². The van der Waals surface area contributed by atoms with Gasteiger partial charge in [-0.15, -0.1) is 10.2 Å². The number of carbonyl (C=O) groups excluding carboxylic acids is 1. The number of nitrogens with zero attached hydrogens (tertiary/aromatic N) is 4. The lowest BCUT2D eigenvalue weighted by Gasteiger charge is -2.16. The Hall–Kier alpha value is -4.65. The molecule has 6 rings (SSSR count). The van der Waals surface area contributed by atoms with Crippen LogP contribution >= 0.6 is 0 Å². The summed E-state index contributed by atoms with van der Waals surface area (Å²) in [5, 5.41) is 22.4. The number of nitrogens with one attached hydrogen (secondary N) is 2. The zero-order chi connectivity index (χ0) is 21.5. The second kappa shape index (κ2) is 7.24. The summed E-state index contributed by atoms with van der Waals surface area (Å²) in [5.74, 6) is -0.0599. The minimum Gasteiger partial charge on any atom is -0.289 e. The highest BCUT2D eigenvalue weighted by atomic mass is 16.1. The van der Waals surface area contributed by atoms with Crippen LogP contribution in [0.1, 0.15) is 15.9 Å². The number of benzene rings is 4. The zero-order valence-electron chi connectivity index (χ0n) is 16.8. The Balaban J connectivity index is 1.70. The largest absolute Gasteiger partial charge is 0.289 e. The van der Waals surface area contributed by atoms with Crippen LogP contribution < -0.4 is 0 Å². The van der Waals surface area contributed by atoms with Crippen LogP contribution in [0.3, 0.4) is 0 Å². The molecular weight excluding hydrogens is 400 g/mol. The van der Waals surface area contributed by atoms with E-state index < -0.39 is 0 Å². The third-order valence-corrected chi connectivity index (χ3v) is 5.62. The SMILES string of the molecule is O=C(c1ccccc1)c1cccc(-c2cccc3[nH]nnc23)c1-c1cccc2[nH]nnc12. The van der Waals surface area contributed by atoms with Crippen LogP contribution in [-0.4, -0.2) is 36.6 Å². The third kappa shape index (κ3) is 2.79. The van der Waals surface area contributed by atoms with E-state index in [2.05, 4.69) is 30.8 Å². The number of aromatic amines is 2. The normalized spacial score (nSPS) is 11.2. The van der Waals surface area contributed by atoms with Gasteiger partial charge in [0.1, 0.15) is 11.0 Å². The van der Waals surface area contributed by atoms with E-state index in [1.54, 1.807) is 0 Å². The molecule has 0 amide bonds. The summed E-state index contributed by atoms with van der Waals surface area (Å²) in [6.45, 7) is 0. The number of aromatic nitrogens is 6. The van der Waals surface area contributed by atoms with Crippen LogP contribution in [0, 0.1) is 0 Å². The van der Waals surface area contributed by atoms with Crippen molar-refractivity contribution in [2.24, 2.45) is 0 Å². The first-order valence-electron chi connectivity index (χ1n) is 10.1. The zero-order valence-corrected chi connectivity index (χ0v) is 16.8. The van der Waals surface area contributed by atoms with Crippen molar-refractivity contribution < 1.29 is 4.79 Å². The Kier molecular flexibility index (Phi) is 4.11. The molecule has 152 valence electrons. The molecule has 2 aromatic heterocycles. The molecule has 0 aliphatic heterocycles. The fraction of sp³-hybridized carbons (Fsp3) is 0. The average molecular weight is 416 g/mol. The van der Waals surface area contributed by atoms with Gasteiger partial charge in [0.05, 0.1) is 11.0 Å². The lowest BCUT2D eigenvalue weighted by atomic mass is 9.86. The van der Waals surface area contributed by atoms with Gasteiger partial charge < -0.3 is 0 Å². The molecule has 7 heteroatoms. The van der Waals surface area contributed by atoms with E-state index in [1.165, 1.54) is 0 Å². The van der Waals surface area contributed by atoms with Crippen molar-refractivity contribution in [1.82, 2.24) is 30.8 Å². The molecule has 0 fully saturated rings. The average Bonchev–Trinajstić information content (AvgIpc) is 3.53. The molecule has 32 heavy (non-hydrogen) atoms. The van der Waals surface area contributed by atoms with Gasteiger partial charge >= 0.3 is 0 Å². The maximum absolute atomic E-state index is 13.6. The van der Waals surface area contributed by atoms with Crippen LogP contribution in [-0.2, 0) is 0 Å². The first-order valence-corrected chi connectivity index (χ1v) is 10.1. The van der Waals surface area contributed by atoms with E-state index in [0.29, 0.717) is 16.6 Å². The molecule has 2 N–H and O–H groups in total. The fourth-order valence-corrected chi connectivity index (χ4v) is 4.16. The molecule has 2 heterocycles. The lowest BCUT2D eigenvalue weighted by molar-refractivity contribution is 0.103. The summed E-state index contributed by atoms with van der Waals surface area (Å²) in [6, 6.07) is 26.7. The molecule has 0 bridgehead atoms. The number of hydrogen-bond donors (Lipinski definition) is 2. The van der Waals surface area contributed by atoms with Crippen molar-refractivity contribution >= 4 is 27.9 Å². The molecule has 0 saturated heterocycles. The van der Waals surface area contributed by atoms with E-state index in [0.717, 1.165) is 38.8 Å². The highest BCUT2D eigenvalue weighted by molar-refractivity contribution is 6.17. The number of fused-ring (bicyclic) bond motifs is 2. The van der Waals surface area contributed by atoms with E-state index >= 15 is 0 Å². The van der Waals surface area contributed by atoms with Crippen LogP contribution in [0.4, 0.5) is 0 Å². The van der Waals surface area contributed by atoms with Crippen LogP contribution in [0.15, 0.2) is 84.9 Å². The summed E-state index contributed by atoms with van der Waals surface area (Å²) >= 11 is 0. The van der Waals surface area contributed by atoms with Crippen molar-refractivity contribution in [3.63, 3.8) is 0 Å². The van der Waals surface area contributed by atoms with Crippen LogP contribution in [0.2, 0.25) is 0 Å². The predicted molar refractivity (Wildman–Crippen MR) is 122 cm³/mol. The topological polar surface area (TPSA) is 100 Å². The summed E-state index contributed by atoms with van der Waals surface area (Å²) in [4.78, 5) is 13.6. The molecule has 0 unspecified atom stereocenters. The Labute approximate surface area is 182 Å². The summed E-state index contributed by atoms with van der Waals surface area (Å²) in [5.41, 5.74) is 7.66. The molecular formula is C25H16N6O. The Morgan fingerprint density at radius 3 is 1.91 bits per heavy atom. The third-order valence-electron chi connectivity index (χ3n) is 5.62. The van der Waals surface area contributed by atoms with Crippen LogP contribution in [0.25, 0.3) is 44.3 Å². The van der Waals surface area contributed by atoms with E-state index in [1.807, 2.05) is 84.9 Å². The molecule has 0 radical (unpaired) electrons. The minimum atomic E-state index is -0.0599. The van der Waals surface area contributed by atoms with E-state index in [9.17, 15) is 4.79 Å². The van der Waals surface area contributed by atoms with Gasteiger partial charge in [0, 0.05) is 27.8 Å². The predicted octanol–water partition coefficient (Wildman–Crippen LogP) is 4.79. The summed E-state index contributed by atoms with van der Waals surface area (Å²) in [6.07, 6.45) is 0. The van der Waals surface area contributed by atoms with Crippen molar-refractivity contribution in [1.29, 1.82) is 0 Å². The smallest absolute Gasteiger partial charge is 0.193 e. The van der Waals surface area contributed by atoms with Gasteiger partial charge in [-0.25, -0.2) is 0 Å². The quantitative estimate of drug-likeness (QED) is 0.402. The highest BCUT2D eigenvalue weighted by Crippen LogP contribution is 2.40. The summed E-state index contributed by atoms with van der Waals surface area (Å²) < 4.78 is 0. The summed E-state index contributed by atoms with van der Waals surface area (Å²) in [7, 11) is 0. The van der Waals surface area contributed by atoms with Crippen molar-refractivity contribution in [2.75, 3.05) is 0 Å². The number of rotatable bonds is 4. The fourth-order valence-electron chi connectivity index (χ4n) is 4.16. The van der Waals surface area contributed by atoms with Gasteiger partial charge in [0.15, 0.2) is 5.78 Å². The van der Waals surface area contributed by atoms with Crippen molar-refractivity contribution in [3.05, 3.63) is 96.1 Å². The lowest BCUT2D eigenvalue weighted by Crippen LogP contribution is -2.05. The van der Waals surface area contributed by atoms with Crippen molar-refractivity contribution in [3.8, 4) is 22.3 Å². The molecule has 6 aromatic rings. The first-order chi connectivity index (χ1) is 15.8. The van der Waals surface area contributed by atoms with Gasteiger partial charge in [-0.2, -0.15) is 0 Å². The molecule has 0 aliphatic carbocycles. The van der Waals surface area contributed by atoms with E-state index in [4.69, 9.17) is 0 Å². The Morgan fingerprint density at radius 1 is 0.594 bits per heavy atom. The number of ketones is 1. The molecule has 0 spiro atoms. The highest BCUT2D eigenvalue weighted by Gasteiger charge is 2.22. The minimum absolute atomic E-state index is 0.0599. The maximum atomic E-state index is 13.6. The van der Waals surface area contributed by atoms with E-state index in [-0.39, 0.29) is 5.78 Å². The van der Waals surface area contributed by atoms with Crippen LogP contribution in [0.5, 0.6) is 0 Å². The second-order valence-corrected chi connectivity index (χ2v) is 7.45. The van der Waals surface area contributed by atoms with Gasteiger partial charge in [0.25, 0.3) is 0 Å². The molecule has 0 saturated carbocycles. The Morgan fingerprint density at radius 2 is 1.19 bits per heavy atom. The van der Waals surface area contributed by atoms with Gasteiger partial charge in [-0.1, -0.05) is 83.2 Å². The van der Waals surface area contributed by atoms with Gasteiger partial charge in [0.2, 0.25) is 0 Å². The monoisotopic (exact) mass is 416 g/mol.